The lowest BCUT2D eigenvalue weighted by molar-refractivity contribution is 0.627. The average molecular weight is 465 g/mol. The molecule has 31 heavy (non-hydrogen) atoms. The zero-order valence-corrected chi connectivity index (χ0v) is 18.5. The monoisotopic (exact) mass is 464 g/mol. The van der Waals surface area contributed by atoms with Crippen LogP contribution in [0.5, 0.6) is 0 Å². The number of nitriles is 1. The van der Waals surface area contributed by atoms with Crippen LogP contribution in [0.2, 0.25) is 10.0 Å². The molecule has 2 nitrogen and oxygen atoms in total. The number of pyridine rings is 1. The normalized spacial score (nSPS) is 10.6. The van der Waals surface area contributed by atoms with Gasteiger partial charge in [0.15, 0.2) is 0 Å². The highest BCUT2D eigenvalue weighted by molar-refractivity contribution is 7.98. The van der Waals surface area contributed by atoms with E-state index in [1.54, 1.807) is 24.3 Å². The first-order chi connectivity index (χ1) is 15.0. The molecule has 0 spiro atoms. The second kappa shape index (κ2) is 9.53. The van der Waals surface area contributed by atoms with Gasteiger partial charge in [-0.15, -0.1) is 11.8 Å². The van der Waals surface area contributed by atoms with Crippen LogP contribution < -0.4 is 0 Å². The van der Waals surface area contributed by atoms with Crippen molar-refractivity contribution in [2.45, 2.75) is 10.8 Å². The van der Waals surface area contributed by atoms with Gasteiger partial charge in [-0.3, -0.25) is 0 Å². The van der Waals surface area contributed by atoms with E-state index in [1.807, 2.05) is 42.5 Å². The van der Waals surface area contributed by atoms with E-state index >= 15 is 0 Å². The number of halogens is 3. The molecule has 4 aromatic rings. The van der Waals surface area contributed by atoms with Gasteiger partial charge < -0.3 is 0 Å². The molecule has 1 heterocycles. The highest BCUT2D eigenvalue weighted by Gasteiger charge is 2.17. The van der Waals surface area contributed by atoms with E-state index in [9.17, 15) is 9.65 Å². The molecule has 0 atom stereocenters. The van der Waals surface area contributed by atoms with Crippen molar-refractivity contribution in [3.8, 4) is 28.5 Å². The summed E-state index contributed by atoms with van der Waals surface area (Å²) in [4.78, 5) is 4.77. The maximum Gasteiger partial charge on any atom is 0.123 e. The lowest BCUT2D eigenvalue weighted by atomic mass is 9.99. The maximum absolute atomic E-state index is 13.2. The van der Waals surface area contributed by atoms with Gasteiger partial charge in [-0.25, -0.2) is 9.37 Å². The fourth-order valence-corrected chi connectivity index (χ4v) is 4.45. The van der Waals surface area contributed by atoms with Gasteiger partial charge in [-0.1, -0.05) is 65.7 Å². The van der Waals surface area contributed by atoms with Crippen molar-refractivity contribution in [1.82, 2.24) is 4.98 Å². The van der Waals surface area contributed by atoms with Crippen molar-refractivity contribution < 1.29 is 4.39 Å². The lowest BCUT2D eigenvalue weighted by Crippen LogP contribution is -1.96. The molecule has 3 aromatic carbocycles. The molecule has 0 radical (unpaired) electrons. The highest BCUT2D eigenvalue weighted by atomic mass is 35.5. The predicted octanol–water partition coefficient (Wildman–Crippen LogP) is 8.03. The molecule has 0 amide bonds. The van der Waals surface area contributed by atoms with Crippen molar-refractivity contribution in [3.63, 3.8) is 0 Å². The van der Waals surface area contributed by atoms with Gasteiger partial charge in [0.05, 0.1) is 11.3 Å². The number of hydrogen-bond acceptors (Lipinski definition) is 3. The number of hydrogen-bond donors (Lipinski definition) is 0. The van der Waals surface area contributed by atoms with Crippen molar-refractivity contribution in [2.75, 3.05) is 0 Å². The van der Waals surface area contributed by atoms with E-state index in [0.717, 1.165) is 22.3 Å². The van der Waals surface area contributed by atoms with E-state index < -0.39 is 0 Å². The smallest absolute Gasteiger partial charge is 0.123 e. The standard InChI is InChI=1S/C25H15Cl2FN2S/c26-18-9-7-17(8-10-18)21-13-24(20-3-1-2-4-23(20)27)30-25(22(21)14-29)31-15-16-5-11-19(28)12-6-16/h1-13H,15H2. The molecule has 6 heteroatoms. The molecule has 0 saturated carbocycles. The Labute approximate surface area is 194 Å². The molecule has 0 fully saturated rings. The Balaban J connectivity index is 1.83. The summed E-state index contributed by atoms with van der Waals surface area (Å²) in [6.45, 7) is 0. The summed E-state index contributed by atoms with van der Waals surface area (Å²) in [5.41, 5.74) is 4.49. The zero-order chi connectivity index (χ0) is 21.8. The minimum absolute atomic E-state index is 0.282. The van der Waals surface area contributed by atoms with Crippen molar-refractivity contribution in [2.24, 2.45) is 0 Å². The van der Waals surface area contributed by atoms with Crippen LogP contribution in [0.4, 0.5) is 4.39 Å². The van der Waals surface area contributed by atoms with Gasteiger partial charge in [-0.05, 0) is 47.5 Å². The van der Waals surface area contributed by atoms with Crippen LogP contribution in [0.3, 0.4) is 0 Å². The summed E-state index contributed by atoms with van der Waals surface area (Å²) < 4.78 is 13.2. The number of thioether (sulfide) groups is 1. The molecule has 1 aromatic heterocycles. The lowest BCUT2D eigenvalue weighted by Gasteiger charge is -2.13. The summed E-state index contributed by atoms with van der Waals surface area (Å²) in [6.07, 6.45) is 0. The van der Waals surface area contributed by atoms with Crippen molar-refractivity contribution in [3.05, 3.63) is 106 Å². The molecule has 0 aliphatic heterocycles. The molecular formula is C25H15Cl2FN2S. The Morgan fingerprint density at radius 2 is 1.61 bits per heavy atom. The quantitative estimate of drug-likeness (QED) is 0.280. The first-order valence-corrected chi connectivity index (χ1v) is 11.1. The fraction of sp³-hybridized carbons (Fsp3) is 0.0400. The predicted molar refractivity (Wildman–Crippen MR) is 126 cm³/mol. The Morgan fingerprint density at radius 3 is 2.29 bits per heavy atom. The van der Waals surface area contributed by atoms with Crippen LogP contribution in [-0.4, -0.2) is 4.98 Å². The number of nitrogens with zero attached hydrogens (tertiary/aromatic N) is 2. The minimum atomic E-state index is -0.282. The number of rotatable bonds is 5. The van der Waals surface area contributed by atoms with Crippen LogP contribution in [0.1, 0.15) is 11.1 Å². The minimum Gasteiger partial charge on any atom is -0.240 e. The van der Waals surface area contributed by atoms with E-state index in [2.05, 4.69) is 6.07 Å². The van der Waals surface area contributed by atoms with E-state index in [1.165, 1.54) is 23.9 Å². The third-order valence-electron chi connectivity index (χ3n) is 4.69. The number of benzene rings is 3. The third-order valence-corrected chi connectivity index (χ3v) is 6.32. The summed E-state index contributed by atoms with van der Waals surface area (Å²) in [6, 6.07) is 25.3. The average Bonchev–Trinajstić information content (AvgIpc) is 2.79. The largest absolute Gasteiger partial charge is 0.240 e. The molecule has 0 saturated heterocycles. The van der Waals surface area contributed by atoms with E-state index in [4.69, 9.17) is 28.2 Å². The Kier molecular flexibility index (Phi) is 6.58. The maximum atomic E-state index is 13.2. The SMILES string of the molecule is N#Cc1c(-c2ccc(Cl)cc2)cc(-c2ccccc2Cl)nc1SCc1ccc(F)cc1. The van der Waals surface area contributed by atoms with Gasteiger partial charge in [0.2, 0.25) is 0 Å². The summed E-state index contributed by atoms with van der Waals surface area (Å²) >= 11 is 13.9. The Bertz CT molecular complexity index is 1270. The first-order valence-electron chi connectivity index (χ1n) is 9.38. The first kappa shape index (κ1) is 21.4. The summed E-state index contributed by atoms with van der Waals surface area (Å²) in [5.74, 6) is 0.267. The van der Waals surface area contributed by atoms with Gasteiger partial charge in [-0.2, -0.15) is 5.26 Å². The van der Waals surface area contributed by atoms with Gasteiger partial charge in [0, 0.05) is 26.9 Å². The zero-order valence-electron chi connectivity index (χ0n) is 16.1. The van der Waals surface area contributed by atoms with E-state index in [-0.39, 0.29) is 5.82 Å². The molecule has 152 valence electrons. The topological polar surface area (TPSA) is 36.7 Å². The molecule has 0 aliphatic carbocycles. The Hall–Kier alpha value is -2.84. The van der Waals surface area contributed by atoms with Crippen molar-refractivity contribution in [1.29, 1.82) is 5.26 Å². The second-order valence-electron chi connectivity index (χ2n) is 6.75. The van der Waals surface area contributed by atoms with Gasteiger partial charge >= 0.3 is 0 Å². The molecular weight excluding hydrogens is 450 g/mol. The van der Waals surface area contributed by atoms with Crippen LogP contribution >= 0.6 is 35.0 Å². The molecule has 0 unspecified atom stereocenters. The van der Waals surface area contributed by atoms with Crippen LogP contribution in [0.15, 0.2) is 83.9 Å². The third kappa shape index (κ3) is 4.91. The van der Waals surface area contributed by atoms with Gasteiger partial charge in [0.25, 0.3) is 0 Å². The van der Waals surface area contributed by atoms with Crippen molar-refractivity contribution >= 4 is 35.0 Å². The van der Waals surface area contributed by atoms with Crippen LogP contribution in [0, 0.1) is 17.1 Å². The molecule has 0 N–H and O–H groups in total. The van der Waals surface area contributed by atoms with Gasteiger partial charge in [0.1, 0.15) is 16.9 Å². The number of aromatic nitrogens is 1. The molecule has 0 bridgehead atoms. The molecule has 4 rings (SSSR count). The summed E-state index contributed by atoms with van der Waals surface area (Å²) in [7, 11) is 0. The highest BCUT2D eigenvalue weighted by Crippen LogP contribution is 2.37. The van der Waals surface area contributed by atoms with E-state index in [0.29, 0.717) is 32.1 Å². The van der Waals surface area contributed by atoms with Crippen LogP contribution in [0.25, 0.3) is 22.4 Å². The van der Waals surface area contributed by atoms with Crippen LogP contribution in [-0.2, 0) is 5.75 Å². The second-order valence-corrected chi connectivity index (χ2v) is 8.56. The Morgan fingerprint density at radius 1 is 0.903 bits per heavy atom. The fourth-order valence-electron chi connectivity index (χ4n) is 3.13. The molecule has 0 aliphatic rings. The summed E-state index contributed by atoms with van der Waals surface area (Å²) in [5, 5.41) is 11.8.